The van der Waals surface area contributed by atoms with Crippen molar-refractivity contribution < 1.29 is 0 Å². The largest absolute Gasteiger partial charge is 0.373 e. The monoisotopic (exact) mass is 441 g/mol. The number of aromatic nitrogens is 1. The number of hydrogen-bond donors (Lipinski definition) is 2. The van der Waals surface area contributed by atoms with Gasteiger partial charge in [-0.1, -0.05) is 49.6 Å². The highest BCUT2D eigenvalue weighted by Gasteiger charge is 2.09. The van der Waals surface area contributed by atoms with Crippen LogP contribution in [0.4, 0.5) is 11.5 Å². The summed E-state index contributed by atoms with van der Waals surface area (Å²) in [5.41, 5.74) is 4.82. The molecule has 1 saturated heterocycles. The van der Waals surface area contributed by atoms with E-state index in [0.29, 0.717) is 0 Å². The topological polar surface area (TPSA) is 43.4 Å². The van der Waals surface area contributed by atoms with Crippen LogP contribution in [0.5, 0.6) is 0 Å². The summed E-state index contributed by atoms with van der Waals surface area (Å²) in [6, 6.07) is 17.0. The minimum Gasteiger partial charge on any atom is -0.373 e. The van der Waals surface area contributed by atoms with Gasteiger partial charge in [-0.15, -0.1) is 0 Å². The van der Waals surface area contributed by atoms with E-state index in [4.69, 9.17) is 0 Å². The number of allylic oxidation sites excluding steroid dienone is 1. The van der Waals surface area contributed by atoms with E-state index < -0.39 is 0 Å². The maximum Gasteiger partial charge on any atom is 0.126 e. The number of nitrogens with zero attached hydrogens (tertiary/aromatic N) is 3. The third kappa shape index (κ3) is 6.24. The zero-order valence-corrected chi connectivity index (χ0v) is 20.0. The molecule has 1 fully saturated rings. The fraction of sp³-hybridized carbons (Fsp3) is 0.250. The lowest BCUT2D eigenvalue weighted by atomic mass is 10.1. The minimum atomic E-state index is 0.878. The Bertz CT molecular complexity index is 1110. The third-order valence-electron chi connectivity index (χ3n) is 5.79. The molecule has 2 heterocycles. The molecule has 5 heteroatoms. The molecule has 3 aromatic rings. The third-order valence-corrected chi connectivity index (χ3v) is 5.79. The Balaban J connectivity index is 0.000000194. The minimum absolute atomic E-state index is 0.878. The molecule has 2 aromatic carbocycles. The van der Waals surface area contributed by atoms with Gasteiger partial charge in [0.25, 0.3) is 0 Å². The van der Waals surface area contributed by atoms with Gasteiger partial charge in [-0.3, -0.25) is 0 Å². The summed E-state index contributed by atoms with van der Waals surface area (Å²) in [6.07, 6.45) is 7.68. The van der Waals surface area contributed by atoms with Crippen LogP contribution in [0.1, 0.15) is 18.1 Å². The van der Waals surface area contributed by atoms with Gasteiger partial charge in [0.15, 0.2) is 0 Å². The lowest BCUT2D eigenvalue weighted by Gasteiger charge is -2.29. The van der Waals surface area contributed by atoms with E-state index in [-0.39, 0.29) is 0 Å². The average Bonchev–Trinajstić information content (AvgIpc) is 2.89. The molecule has 0 bridgehead atoms. The van der Waals surface area contributed by atoms with Gasteiger partial charge in [-0.05, 0) is 53.9 Å². The van der Waals surface area contributed by atoms with Crippen molar-refractivity contribution in [2.24, 2.45) is 0 Å². The highest BCUT2D eigenvalue weighted by Crippen LogP contribution is 2.24. The molecule has 172 valence electrons. The zero-order valence-electron chi connectivity index (χ0n) is 20.0. The van der Waals surface area contributed by atoms with Crippen molar-refractivity contribution in [2.75, 3.05) is 50.5 Å². The van der Waals surface area contributed by atoms with Gasteiger partial charge < -0.3 is 20.4 Å². The lowest BCUT2D eigenvalue weighted by molar-refractivity contribution is 0.589. The molecule has 1 aromatic heterocycles. The number of benzene rings is 2. The summed E-state index contributed by atoms with van der Waals surface area (Å²) in [4.78, 5) is 8.74. The van der Waals surface area contributed by atoms with Gasteiger partial charge in [-0.2, -0.15) is 0 Å². The van der Waals surface area contributed by atoms with Crippen molar-refractivity contribution in [1.82, 2.24) is 15.2 Å². The fourth-order valence-electron chi connectivity index (χ4n) is 3.88. The van der Waals surface area contributed by atoms with Crippen LogP contribution in [-0.4, -0.2) is 50.2 Å². The van der Waals surface area contributed by atoms with E-state index >= 15 is 0 Å². The molecular weight excluding hydrogens is 406 g/mol. The van der Waals surface area contributed by atoms with E-state index in [0.717, 1.165) is 43.1 Å². The van der Waals surface area contributed by atoms with Gasteiger partial charge in [-0.25, -0.2) is 4.98 Å². The molecular formula is C28H35N5. The molecule has 0 amide bonds. The van der Waals surface area contributed by atoms with Gasteiger partial charge in [0.05, 0.1) is 0 Å². The van der Waals surface area contributed by atoms with Crippen molar-refractivity contribution in [1.29, 1.82) is 0 Å². The quantitative estimate of drug-likeness (QED) is 0.532. The molecule has 1 aliphatic heterocycles. The van der Waals surface area contributed by atoms with Crippen LogP contribution in [0.25, 0.3) is 22.5 Å². The molecule has 0 radical (unpaired) electrons. The number of piperazine rings is 1. The van der Waals surface area contributed by atoms with Crippen molar-refractivity contribution in [3.8, 4) is 0 Å². The van der Waals surface area contributed by atoms with E-state index in [9.17, 15) is 0 Å². The SMILES string of the molecule is C=CN(C)/C(=C\C)c1ccc2cnc(NC)cc2c1.C=Cc1cccc(N2CCNCC2)c1. The molecule has 0 atom stereocenters. The van der Waals surface area contributed by atoms with E-state index in [1.807, 2.05) is 44.4 Å². The highest BCUT2D eigenvalue weighted by atomic mass is 15.2. The summed E-state index contributed by atoms with van der Waals surface area (Å²) in [5.74, 6) is 0.878. The van der Waals surface area contributed by atoms with Crippen molar-refractivity contribution in [2.45, 2.75) is 6.92 Å². The molecule has 2 N–H and O–H groups in total. The summed E-state index contributed by atoms with van der Waals surface area (Å²) in [6.45, 7) is 14.0. The first-order valence-corrected chi connectivity index (χ1v) is 11.4. The summed E-state index contributed by atoms with van der Waals surface area (Å²) in [7, 11) is 3.87. The number of pyridine rings is 1. The van der Waals surface area contributed by atoms with Crippen LogP contribution >= 0.6 is 0 Å². The number of hydrogen-bond acceptors (Lipinski definition) is 5. The lowest BCUT2D eigenvalue weighted by Crippen LogP contribution is -2.43. The Morgan fingerprint density at radius 1 is 1.09 bits per heavy atom. The second-order valence-corrected chi connectivity index (χ2v) is 7.89. The molecule has 1 aliphatic rings. The number of rotatable bonds is 6. The Labute approximate surface area is 198 Å². The predicted molar refractivity (Wildman–Crippen MR) is 145 cm³/mol. The second kappa shape index (κ2) is 11.9. The van der Waals surface area contributed by atoms with E-state index in [1.165, 1.54) is 22.2 Å². The summed E-state index contributed by atoms with van der Waals surface area (Å²) < 4.78 is 0. The molecule has 0 saturated carbocycles. The molecule has 5 nitrogen and oxygen atoms in total. The van der Waals surface area contributed by atoms with Crippen molar-refractivity contribution in [3.05, 3.63) is 91.3 Å². The van der Waals surface area contributed by atoms with E-state index in [1.54, 1.807) is 0 Å². The molecule has 0 aliphatic carbocycles. The Hall–Kier alpha value is -3.57. The van der Waals surface area contributed by atoms with Crippen LogP contribution in [0, 0.1) is 0 Å². The maximum atomic E-state index is 4.32. The van der Waals surface area contributed by atoms with Crippen LogP contribution in [0.15, 0.2) is 80.2 Å². The summed E-state index contributed by atoms with van der Waals surface area (Å²) >= 11 is 0. The average molecular weight is 442 g/mol. The van der Waals surface area contributed by atoms with Crippen molar-refractivity contribution >= 4 is 34.1 Å². The normalized spacial score (nSPS) is 13.7. The Morgan fingerprint density at radius 3 is 2.55 bits per heavy atom. The van der Waals surface area contributed by atoms with Crippen LogP contribution in [0.2, 0.25) is 0 Å². The molecule has 0 unspecified atom stereocenters. The predicted octanol–water partition coefficient (Wildman–Crippen LogP) is 5.45. The maximum absolute atomic E-state index is 4.32. The number of nitrogens with one attached hydrogen (secondary N) is 2. The highest BCUT2D eigenvalue weighted by molar-refractivity contribution is 5.87. The number of fused-ring (bicyclic) bond motifs is 1. The van der Waals surface area contributed by atoms with Gasteiger partial charge >= 0.3 is 0 Å². The fourth-order valence-corrected chi connectivity index (χ4v) is 3.88. The van der Waals surface area contributed by atoms with Crippen LogP contribution in [0.3, 0.4) is 0 Å². The summed E-state index contributed by atoms with van der Waals surface area (Å²) in [5, 5.41) is 8.73. The van der Waals surface area contributed by atoms with E-state index in [2.05, 4.69) is 88.3 Å². The molecule has 0 spiro atoms. The van der Waals surface area contributed by atoms with Crippen molar-refractivity contribution in [3.63, 3.8) is 0 Å². The first-order valence-electron chi connectivity index (χ1n) is 11.4. The van der Waals surface area contributed by atoms with Gasteiger partial charge in [0.1, 0.15) is 5.82 Å². The Morgan fingerprint density at radius 2 is 1.88 bits per heavy atom. The smallest absolute Gasteiger partial charge is 0.126 e. The van der Waals surface area contributed by atoms with Crippen LogP contribution in [-0.2, 0) is 0 Å². The van der Waals surface area contributed by atoms with Crippen LogP contribution < -0.4 is 15.5 Å². The standard InChI is InChI=1S/C16H19N3.C12H16N2/c1-5-15(19(4)6-2)12-7-8-13-11-18-16(17-3)10-14(13)9-12;1-2-11-4-3-5-12(10-11)14-8-6-13-7-9-14/h5-11H,2H2,1,3-4H3,(H,17,18);2-5,10,13H,1,6-9H2/b15-5-;. The second-order valence-electron chi connectivity index (χ2n) is 7.89. The molecule has 33 heavy (non-hydrogen) atoms. The Kier molecular flexibility index (Phi) is 8.67. The zero-order chi connectivity index (χ0) is 23.6. The molecule has 4 rings (SSSR count). The van der Waals surface area contributed by atoms with Gasteiger partial charge in [0, 0.05) is 63.2 Å². The first-order chi connectivity index (χ1) is 16.1. The number of anilines is 2. The van der Waals surface area contributed by atoms with Gasteiger partial charge in [0.2, 0.25) is 0 Å². The first kappa shape index (κ1) is 24.1.